The van der Waals surface area contributed by atoms with Crippen LogP contribution in [0.1, 0.15) is 35.3 Å². The number of methoxy groups -OCH3 is 2. The SMILES string of the molecule is COc1ccc(/C=C/C(=O)c2ccc(OC)c3c2OC(C)(C)C=C3)cc1OCC(=O)Nc1ccccc1Cl. The molecule has 38 heavy (non-hydrogen) atoms. The first kappa shape index (κ1) is 26.8. The molecular formula is C30H28ClNO6. The van der Waals surface area contributed by atoms with E-state index < -0.39 is 5.60 Å². The number of nitrogens with one attached hydrogen (secondary N) is 1. The Morgan fingerprint density at radius 1 is 1.00 bits per heavy atom. The summed E-state index contributed by atoms with van der Waals surface area (Å²) in [7, 11) is 3.09. The lowest BCUT2D eigenvalue weighted by Crippen LogP contribution is -2.28. The molecule has 0 aromatic heterocycles. The van der Waals surface area contributed by atoms with Crippen molar-refractivity contribution in [1.29, 1.82) is 0 Å². The highest BCUT2D eigenvalue weighted by Crippen LogP contribution is 2.40. The van der Waals surface area contributed by atoms with Crippen LogP contribution >= 0.6 is 11.6 Å². The van der Waals surface area contributed by atoms with Crippen LogP contribution in [0.15, 0.2) is 66.7 Å². The highest BCUT2D eigenvalue weighted by molar-refractivity contribution is 6.33. The predicted molar refractivity (Wildman–Crippen MR) is 149 cm³/mol. The molecule has 0 aliphatic carbocycles. The summed E-state index contributed by atoms with van der Waals surface area (Å²) in [5, 5.41) is 3.14. The van der Waals surface area contributed by atoms with E-state index in [0.29, 0.717) is 44.8 Å². The fourth-order valence-electron chi connectivity index (χ4n) is 3.87. The minimum absolute atomic E-state index is 0.229. The molecule has 3 aromatic carbocycles. The van der Waals surface area contributed by atoms with E-state index in [1.807, 2.05) is 26.0 Å². The minimum Gasteiger partial charge on any atom is -0.496 e. The second kappa shape index (κ2) is 11.4. The molecule has 4 rings (SSSR count). The summed E-state index contributed by atoms with van der Waals surface area (Å²) in [6.07, 6.45) is 6.97. The summed E-state index contributed by atoms with van der Waals surface area (Å²) in [6.45, 7) is 3.58. The van der Waals surface area contributed by atoms with Gasteiger partial charge in [-0.3, -0.25) is 9.59 Å². The molecule has 0 fully saturated rings. The number of hydrogen-bond acceptors (Lipinski definition) is 6. The van der Waals surface area contributed by atoms with Gasteiger partial charge in [0, 0.05) is 0 Å². The largest absolute Gasteiger partial charge is 0.496 e. The van der Waals surface area contributed by atoms with Gasteiger partial charge in [0.15, 0.2) is 23.9 Å². The van der Waals surface area contributed by atoms with E-state index in [1.54, 1.807) is 67.8 Å². The summed E-state index contributed by atoms with van der Waals surface area (Å²) in [4.78, 5) is 25.6. The summed E-state index contributed by atoms with van der Waals surface area (Å²) in [5.41, 5.74) is 1.77. The molecule has 3 aromatic rings. The van der Waals surface area contributed by atoms with Gasteiger partial charge in [0.25, 0.3) is 5.91 Å². The molecule has 196 valence electrons. The zero-order valence-electron chi connectivity index (χ0n) is 21.5. The molecule has 1 heterocycles. The number of benzene rings is 3. The number of carbonyl (C=O) groups excluding carboxylic acids is 2. The number of amides is 1. The molecule has 0 saturated heterocycles. The smallest absolute Gasteiger partial charge is 0.262 e. The number of fused-ring (bicyclic) bond motifs is 1. The van der Waals surface area contributed by atoms with E-state index in [4.69, 9.17) is 30.5 Å². The zero-order valence-corrected chi connectivity index (χ0v) is 22.3. The van der Waals surface area contributed by atoms with Gasteiger partial charge in [0.05, 0.1) is 36.1 Å². The number of carbonyl (C=O) groups is 2. The van der Waals surface area contributed by atoms with E-state index in [1.165, 1.54) is 13.2 Å². The number of hydrogen-bond donors (Lipinski definition) is 1. The molecule has 1 aliphatic rings. The van der Waals surface area contributed by atoms with Crippen LogP contribution in [0.25, 0.3) is 12.2 Å². The van der Waals surface area contributed by atoms with Gasteiger partial charge in [-0.15, -0.1) is 0 Å². The molecule has 8 heteroatoms. The van der Waals surface area contributed by atoms with E-state index >= 15 is 0 Å². The van der Waals surface area contributed by atoms with E-state index in [0.717, 1.165) is 5.56 Å². The fourth-order valence-corrected chi connectivity index (χ4v) is 4.05. The third-order valence-corrected chi connectivity index (χ3v) is 6.11. The van der Waals surface area contributed by atoms with Gasteiger partial charge in [0.1, 0.15) is 17.1 Å². The summed E-state index contributed by atoms with van der Waals surface area (Å²) >= 11 is 6.10. The summed E-state index contributed by atoms with van der Waals surface area (Å²) in [5.74, 6) is 1.31. The van der Waals surface area contributed by atoms with Gasteiger partial charge in [-0.2, -0.15) is 0 Å². The molecule has 0 bridgehead atoms. The Balaban J connectivity index is 1.50. The van der Waals surface area contributed by atoms with Crippen LogP contribution in [0.4, 0.5) is 5.69 Å². The van der Waals surface area contributed by atoms with Crippen molar-refractivity contribution in [3.8, 4) is 23.0 Å². The Labute approximate surface area is 226 Å². The predicted octanol–water partition coefficient (Wildman–Crippen LogP) is 6.46. The molecule has 0 unspecified atom stereocenters. The van der Waals surface area contributed by atoms with Crippen LogP contribution in [0.5, 0.6) is 23.0 Å². The second-order valence-corrected chi connectivity index (χ2v) is 9.43. The Kier molecular flexibility index (Phi) is 8.08. The van der Waals surface area contributed by atoms with Crippen molar-refractivity contribution in [3.63, 3.8) is 0 Å². The van der Waals surface area contributed by atoms with E-state index in [9.17, 15) is 9.59 Å². The lowest BCUT2D eigenvalue weighted by molar-refractivity contribution is -0.118. The molecule has 0 atom stereocenters. The van der Waals surface area contributed by atoms with Crippen LogP contribution in [0, 0.1) is 0 Å². The first-order valence-corrected chi connectivity index (χ1v) is 12.3. The van der Waals surface area contributed by atoms with Crippen molar-refractivity contribution in [2.24, 2.45) is 0 Å². The molecule has 0 saturated carbocycles. The number of ketones is 1. The van der Waals surface area contributed by atoms with Crippen LogP contribution in [0.3, 0.4) is 0 Å². The Hall–Kier alpha value is -4.23. The molecule has 0 spiro atoms. The standard InChI is InChI=1S/C30H28ClNO6/c1-30(2)16-15-21-25(35-3)14-11-20(29(21)38-30)24(33)12-9-19-10-13-26(36-4)27(17-19)37-18-28(34)32-23-8-6-5-7-22(23)31/h5-17H,18H2,1-4H3,(H,32,34)/b12-9+. The maximum atomic E-state index is 13.2. The third kappa shape index (κ3) is 6.18. The first-order chi connectivity index (χ1) is 18.2. The maximum absolute atomic E-state index is 13.2. The number of anilines is 1. The Morgan fingerprint density at radius 2 is 1.74 bits per heavy atom. The summed E-state index contributed by atoms with van der Waals surface area (Å²) < 4.78 is 22.6. The Bertz CT molecular complexity index is 1430. The van der Waals surface area contributed by atoms with E-state index in [-0.39, 0.29) is 18.3 Å². The Morgan fingerprint density at radius 3 is 2.47 bits per heavy atom. The van der Waals surface area contributed by atoms with E-state index in [2.05, 4.69) is 5.32 Å². The summed E-state index contributed by atoms with van der Waals surface area (Å²) in [6, 6.07) is 15.6. The highest BCUT2D eigenvalue weighted by Gasteiger charge is 2.27. The maximum Gasteiger partial charge on any atom is 0.262 e. The lowest BCUT2D eigenvalue weighted by atomic mass is 9.97. The number of allylic oxidation sites excluding steroid dienone is 1. The zero-order chi connectivity index (χ0) is 27.3. The average Bonchev–Trinajstić information content (AvgIpc) is 2.90. The van der Waals surface area contributed by atoms with Crippen molar-refractivity contribution in [1.82, 2.24) is 0 Å². The van der Waals surface area contributed by atoms with Crippen LogP contribution in [0.2, 0.25) is 5.02 Å². The van der Waals surface area contributed by atoms with Gasteiger partial charge >= 0.3 is 0 Å². The number of para-hydroxylation sites is 1. The van der Waals surface area contributed by atoms with Crippen molar-refractivity contribution >= 4 is 41.1 Å². The number of rotatable bonds is 9. The van der Waals surface area contributed by atoms with Crippen LogP contribution in [-0.4, -0.2) is 38.1 Å². The number of ether oxygens (including phenoxy) is 4. The topological polar surface area (TPSA) is 83.1 Å². The molecule has 1 N–H and O–H groups in total. The van der Waals surface area contributed by atoms with Crippen molar-refractivity contribution in [2.45, 2.75) is 19.4 Å². The first-order valence-electron chi connectivity index (χ1n) is 11.9. The minimum atomic E-state index is -0.557. The molecule has 1 amide bonds. The monoisotopic (exact) mass is 533 g/mol. The van der Waals surface area contributed by atoms with Crippen LogP contribution < -0.4 is 24.3 Å². The normalized spacial score (nSPS) is 13.4. The highest BCUT2D eigenvalue weighted by atomic mass is 35.5. The van der Waals surface area contributed by atoms with Crippen molar-refractivity contribution in [3.05, 3.63) is 88.5 Å². The van der Waals surface area contributed by atoms with Gasteiger partial charge in [-0.25, -0.2) is 0 Å². The fraction of sp³-hybridized carbons (Fsp3) is 0.200. The lowest BCUT2D eigenvalue weighted by Gasteiger charge is -2.29. The van der Waals surface area contributed by atoms with Gasteiger partial charge in [-0.05, 0) is 74.0 Å². The average molecular weight is 534 g/mol. The third-order valence-electron chi connectivity index (χ3n) is 5.78. The molecule has 1 aliphatic heterocycles. The van der Waals surface area contributed by atoms with Crippen molar-refractivity contribution < 1.29 is 28.5 Å². The van der Waals surface area contributed by atoms with Gasteiger partial charge in [-0.1, -0.05) is 35.9 Å². The number of halogens is 1. The quantitative estimate of drug-likeness (QED) is 0.251. The molecular weight excluding hydrogens is 506 g/mol. The van der Waals surface area contributed by atoms with Crippen LogP contribution in [-0.2, 0) is 4.79 Å². The van der Waals surface area contributed by atoms with Gasteiger partial charge in [0.2, 0.25) is 0 Å². The molecule has 0 radical (unpaired) electrons. The van der Waals surface area contributed by atoms with Crippen molar-refractivity contribution in [2.75, 3.05) is 26.1 Å². The molecule has 7 nitrogen and oxygen atoms in total. The second-order valence-electron chi connectivity index (χ2n) is 9.02. The van der Waals surface area contributed by atoms with Gasteiger partial charge < -0.3 is 24.3 Å².